The number of alkyl halides is 3. The summed E-state index contributed by atoms with van der Waals surface area (Å²) in [4.78, 5) is 4.02. The van der Waals surface area contributed by atoms with Crippen molar-refractivity contribution in [3.63, 3.8) is 0 Å². The molecule has 2 rings (SSSR count). The monoisotopic (exact) mass is 309 g/mol. The number of rotatable bonds is 4. The van der Waals surface area contributed by atoms with E-state index in [-0.39, 0.29) is 11.4 Å². The second-order valence-electron chi connectivity index (χ2n) is 4.47. The Labute approximate surface area is 125 Å². The zero-order valence-electron chi connectivity index (χ0n) is 11.8. The average Bonchev–Trinajstić information content (AvgIpc) is 2.48. The Bertz CT molecular complexity index is 681. The van der Waals surface area contributed by atoms with E-state index in [1.165, 1.54) is 24.4 Å². The highest BCUT2D eigenvalue weighted by Gasteiger charge is 2.30. The molecule has 0 amide bonds. The summed E-state index contributed by atoms with van der Waals surface area (Å²) in [6, 6.07) is 9.35. The molecule has 0 radical (unpaired) electrons. The Morgan fingerprint density at radius 1 is 1.18 bits per heavy atom. The van der Waals surface area contributed by atoms with Gasteiger partial charge in [0, 0.05) is 6.21 Å². The Morgan fingerprint density at radius 3 is 2.64 bits per heavy atom. The van der Waals surface area contributed by atoms with Crippen LogP contribution in [0.2, 0.25) is 0 Å². The molecule has 3 nitrogen and oxygen atoms in total. The third-order valence-corrected chi connectivity index (χ3v) is 2.82. The molecule has 0 fully saturated rings. The van der Waals surface area contributed by atoms with Gasteiger partial charge in [-0.05, 0) is 48.9 Å². The molecular formula is C16H14F3NO2. The number of aromatic hydroxyl groups is 1. The Morgan fingerprint density at radius 2 is 1.95 bits per heavy atom. The number of benzene rings is 2. The maximum atomic E-state index is 12.6. The van der Waals surface area contributed by atoms with Crippen LogP contribution in [0.1, 0.15) is 18.1 Å². The SMILES string of the molecule is CCOc1cc(C=Nc2cccc(C(F)(F)F)c2)ccc1O. The summed E-state index contributed by atoms with van der Waals surface area (Å²) in [7, 11) is 0. The number of ether oxygens (including phenoxy) is 1. The van der Waals surface area contributed by atoms with Crippen molar-refractivity contribution in [1.82, 2.24) is 0 Å². The maximum absolute atomic E-state index is 12.6. The normalized spacial score (nSPS) is 11.8. The van der Waals surface area contributed by atoms with Gasteiger partial charge in [-0.25, -0.2) is 0 Å². The minimum absolute atomic E-state index is 0.00179. The van der Waals surface area contributed by atoms with Crippen LogP contribution in [-0.4, -0.2) is 17.9 Å². The van der Waals surface area contributed by atoms with Gasteiger partial charge in [0.25, 0.3) is 0 Å². The standard InChI is InChI=1S/C16H14F3NO2/c1-2-22-15-8-11(6-7-14(15)21)10-20-13-5-3-4-12(9-13)16(17,18)19/h3-10,21H,2H2,1H3. The van der Waals surface area contributed by atoms with E-state index in [0.29, 0.717) is 17.9 Å². The average molecular weight is 309 g/mol. The molecule has 2 aromatic rings. The largest absolute Gasteiger partial charge is 0.504 e. The lowest BCUT2D eigenvalue weighted by Crippen LogP contribution is -2.03. The zero-order valence-corrected chi connectivity index (χ0v) is 11.8. The van der Waals surface area contributed by atoms with Crippen molar-refractivity contribution in [3.8, 4) is 11.5 Å². The van der Waals surface area contributed by atoms with Gasteiger partial charge in [0.05, 0.1) is 17.9 Å². The molecule has 116 valence electrons. The van der Waals surface area contributed by atoms with Crippen molar-refractivity contribution in [1.29, 1.82) is 0 Å². The fourth-order valence-electron chi connectivity index (χ4n) is 1.79. The van der Waals surface area contributed by atoms with E-state index in [9.17, 15) is 18.3 Å². The Hall–Kier alpha value is -2.50. The topological polar surface area (TPSA) is 41.8 Å². The number of phenols is 1. The minimum Gasteiger partial charge on any atom is -0.504 e. The second-order valence-corrected chi connectivity index (χ2v) is 4.47. The Balaban J connectivity index is 2.23. The van der Waals surface area contributed by atoms with Crippen LogP contribution in [0.5, 0.6) is 11.5 Å². The van der Waals surface area contributed by atoms with Crippen LogP contribution in [-0.2, 0) is 6.18 Å². The number of hydrogen-bond acceptors (Lipinski definition) is 3. The molecule has 22 heavy (non-hydrogen) atoms. The van der Waals surface area contributed by atoms with E-state index in [1.54, 1.807) is 19.1 Å². The molecule has 0 atom stereocenters. The lowest BCUT2D eigenvalue weighted by Gasteiger charge is -2.07. The van der Waals surface area contributed by atoms with E-state index >= 15 is 0 Å². The number of aliphatic imine (C=N–C) groups is 1. The first-order valence-electron chi connectivity index (χ1n) is 6.57. The molecule has 0 saturated heterocycles. The van der Waals surface area contributed by atoms with E-state index in [0.717, 1.165) is 12.1 Å². The van der Waals surface area contributed by atoms with E-state index < -0.39 is 11.7 Å². The molecule has 0 aromatic heterocycles. The third-order valence-electron chi connectivity index (χ3n) is 2.82. The first-order chi connectivity index (χ1) is 10.4. The molecule has 0 heterocycles. The van der Waals surface area contributed by atoms with Crippen LogP contribution in [0.3, 0.4) is 0 Å². The van der Waals surface area contributed by atoms with Crippen LogP contribution < -0.4 is 4.74 Å². The number of phenolic OH excluding ortho intramolecular Hbond substituents is 1. The molecule has 6 heteroatoms. The van der Waals surface area contributed by atoms with Crippen molar-refractivity contribution in [2.45, 2.75) is 13.1 Å². The smallest absolute Gasteiger partial charge is 0.416 e. The summed E-state index contributed by atoms with van der Waals surface area (Å²) >= 11 is 0. The quantitative estimate of drug-likeness (QED) is 0.841. The van der Waals surface area contributed by atoms with Crippen molar-refractivity contribution >= 4 is 11.9 Å². The second kappa shape index (κ2) is 6.51. The highest BCUT2D eigenvalue weighted by Crippen LogP contribution is 2.31. The van der Waals surface area contributed by atoms with Gasteiger partial charge in [-0.1, -0.05) is 6.07 Å². The van der Waals surface area contributed by atoms with Crippen molar-refractivity contribution in [3.05, 3.63) is 53.6 Å². The molecule has 1 N–H and O–H groups in total. The summed E-state index contributed by atoms with van der Waals surface area (Å²) in [5, 5.41) is 9.58. The van der Waals surface area contributed by atoms with Gasteiger partial charge in [0.15, 0.2) is 11.5 Å². The van der Waals surface area contributed by atoms with Crippen LogP contribution in [0.4, 0.5) is 18.9 Å². The lowest BCUT2D eigenvalue weighted by molar-refractivity contribution is -0.137. The number of hydrogen-bond donors (Lipinski definition) is 1. The van der Waals surface area contributed by atoms with Gasteiger partial charge in [-0.15, -0.1) is 0 Å². The van der Waals surface area contributed by atoms with Gasteiger partial charge in [0.2, 0.25) is 0 Å². The summed E-state index contributed by atoms with van der Waals surface area (Å²) in [5.41, 5.74) is 0.0578. The van der Waals surface area contributed by atoms with Gasteiger partial charge in [-0.3, -0.25) is 4.99 Å². The van der Waals surface area contributed by atoms with Crippen LogP contribution in [0.25, 0.3) is 0 Å². The molecule has 0 unspecified atom stereocenters. The summed E-state index contributed by atoms with van der Waals surface area (Å²) in [6.45, 7) is 2.17. The molecule has 0 aliphatic rings. The molecule has 0 aliphatic heterocycles. The highest BCUT2D eigenvalue weighted by molar-refractivity contribution is 5.83. The van der Waals surface area contributed by atoms with Gasteiger partial charge < -0.3 is 9.84 Å². The molecule has 2 aromatic carbocycles. The van der Waals surface area contributed by atoms with E-state index in [2.05, 4.69) is 4.99 Å². The van der Waals surface area contributed by atoms with E-state index in [1.807, 2.05) is 0 Å². The predicted octanol–water partition coefficient (Wildman–Crippen LogP) is 4.56. The molecule has 0 saturated carbocycles. The molecule has 0 bridgehead atoms. The number of nitrogens with zero attached hydrogens (tertiary/aromatic N) is 1. The van der Waals surface area contributed by atoms with Crippen molar-refractivity contribution < 1.29 is 23.0 Å². The maximum Gasteiger partial charge on any atom is 0.416 e. The van der Waals surface area contributed by atoms with Crippen LogP contribution in [0.15, 0.2) is 47.5 Å². The Kier molecular flexibility index (Phi) is 4.70. The fourth-order valence-corrected chi connectivity index (χ4v) is 1.79. The first kappa shape index (κ1) is 15.9. The molecule has 0 aliphatic carbocycles. The van der Waals surface area contributed by atoms with Crippen molar-refractivity contribution in [2.24, 2.45) is 4.99 Å². The lowest BCUT2D eigenvalue weighted by atomic mass is 10.2. The summed E-state index contributed by atoms with van der Waals surface area (Å²) < 4.78 is 43.1. The summed E-state index contributed by atoms with van der Waals surface area (Å²) in [5.74, 6) is 0.300. The van der Waals surface area contributed by atoms with Gasteiger partial charge >= 0.3 is 6.18 Å². The number of halogens is 3. The predicted molar refractivity (Wildman–Crippen MR) is 78.0 cm³/mol. The fraction of sp³-hybridized carbons (Fsp3) is 0.188. The molecular weight excluding hydrogens is 295 g/mol. The molecule has 0 spiro atoms. The zero-order chi connectivity index (χ0) is 16.2. The van der Waals surface area contributed by atoms with Gasteiger partial charge in [0.1, 0.15) is 0 Å². The van der Waals surface area contributed by atoms with Crippen LogP contribution in [0, 0.1) is 0 Å². The highest BCUT2D eigenvalue weighted by atomic mass is 19.4. The first-order valence-corrected chi connectivity index (χ1v) is 6.57. The van der Waals surface area contributed by atoms with E-state index in [4.69, 9.17) is 4.74 Å². The van der Waals surface area contributed by atoms with Gasteiger partial charge in [-0.2, -0.15) is 13.2 Å². The summed E-state index contributed by atoms with van der Waals surface area (Å²) in [6.07, 6.45) is -2.98. The van der Waals surface area contributed by atoms with Crippen LogP contribution >= 0.6 is 0 Å². The minimum atomic E-state index is -4.40. The van der Waals surface area contributed by atoms with Crippen molar-refractivity contribution in [2.75, 3.05) is 6.61 Å². The third kappa shape index (κ3) is 4.00.